The van der Waals surface area contributed by atoms with Gasteiger partial charge in [-0.15, -0.1) is 0 Å². The molecular formula is C18H23N3O2. The summed E-state index contributed by atoms with van der Waals surface area (Å²) in [6.07, 6.45) is 2.54. The molecule has 0 aliphatic heterocycles. The first-order valence-corrected chi connectivity index (χ1v) is 7.89. The molecule has 2 N–H and O–H groups in total. The third-order valence-corrected chi connectivity index (χ3v) is 3.45. The van der Waals surface area contributed by atoms with Crippen LogP contribution < -0.4 is 15.4 Å². The van der Waals surface area contributed by atoms with Crippen molar-refractivity contribution in [2.24, 2.45) is 0 Å². The number of nitrogens with one attached hydrogen (secondary N) is 2. The van der Waals surface area contributed by atoms with Gasteiger partial charge in [0.15, 0.2) is 0 Å². The van der Waals surface area contributed by atoms with E-state index in [0.29, 0.717) is 12.3 Å². The van der Waals surface area contributed by atoms with Crippen LogP contribution in [0, 0.1) is 0 Å². The van der Waals surface area contributed by atoms with E-state index in [-0.39, 0.29) is 11.9 Å². The third-order valence-electron chi connectivity index (χ3n) is 3.45. The van der Waals surface area contributed by atoms with Crippen molar-refractivity contribution in [3.8, 4) is 5.75 Å². The molecule has 0 spiro atoms. The van der Waals surface area contributed by atoms with Crippen molar-refractivity contribution in [3.05, 3.63) is 48.3 Å². The first-order chi connectivity index (χ1) is 11.1. The van der Waals surface area contributed by atoms with E-state index in [4.69, 9.17) is 4.74 Å². The molecule has 0 fully saturated rings. The van der Waals surface area contributed by atoms with Gasteiger partial charge in [0, 0.05) is 6.04 Å². The van der Waals surface area contributed by atoms with Gasteiger partial charge in [0.1, 0.15) is 11.4 Å². The second kappa shape index (κ2) is 8.17. The van der Waals surface area contributed by atoms with E-state index in [1.165, 1.54) is 0 Å². The van der Waals surface area contributed by atoms with Gasteiger partial charge < -0.3 is 15.4 Å². The minimum absolute atomic E-state index is 0.139. The summed E-state index contributed by atoms with van der Waals surface area (Å²) >= 11 is 0. The van der Waals surface area contributed by atoms with E-state index in [9.17, 15) is 4.79 Å². The normalized spacial score (nSPS) is 11.6. The lowest BCUT2D eigenvalue weighted by Crippen LogP contribution is -2.32. The molecule has 122 valence electrons. The maximum absolute atomic E-state index is 12.0. The highest BCUT2D eigenvalue weighted by Gasteiger charge is 2.10. The number of hydrogen-bond donors (Lipinski definition) is 2. The molecule has 0 aliphatic rings. The van der Waals surface area contributed by atoms with Crippen LogP contribution in [0.15, 0.2) is 42.6 Å². The zero-order chi connectivity index (χ0) is 16.7. The molecule has 2 aromatic rings. The number of benzene rings is 1. The van der Waals surface area contributed by atoms with E-state index < -0.39 is 0 Å². The van der Waals surface area contributed by atoms with Gasteiger partial charge in [-0.3, -0.25) is 4.79 Å². The number of ether oxygens (including phenoxy) is 1. The molecule has 0 saturated heterocycles. The monoisotopic (exact) mass is 313 g/mol. The minimum Gasteiger partial charge on any atom is -0.492 e. The lowest BCUT2D eigenvalue weighted by atomic mass is 10.2. The van der Waals surface area contributed by atoms with Crippen LogP contribution in [0.5, 0.6) is 5.75 Å². The Morgan fingerprint density at radius 2 is 2.00 bits per heavy atom. The van der Waals surface area contributed by atoms with Crippen LogP contribution in [0.3, 0.4) is 0 Å². The average molecular weight is 313 g/mol. The second-order valence-corrected chi connectivity index (χ2v) is 5.27. The van der Waals surface area contributed by atoms with Crippen LogP contribution in [0.1, 0.15) is 37.7 Å². The number of hydrogen-bond acceptors (Lipinski definition) is 4. The fraction of sp³-hybridized carbons (Fsp3) is 0.333. The molecule has 2 rings (SSSR count). The van der Waals surface area contributed by atoms with Gasteiger partial charge in [0.2, 0.25) is 0 Å². The molecule has 5 nitrogen and oxygen atoms in total. The second-order valence-electron chi connectivity index (χ2n) is 5.27. The van der Waals surface area contributed by atoms with Crippen LogP contribution in [0.2, 0.25) is 0 Å². The summed E-state index contributed by atoms with van der Waals surface area (Å²) in [5.41, 5.74) is 2.08. The molecule has 1 heterocycles. The molecule has 0 bridgehead atoms. The van der Waals surface area contributed by atoms with Crippen molar-refractivity contribution in [1.29, 1.82) is 0 Å². The molecule has 1 unspecified atom stereocenters. The summed E-state index contributed by atoms with van der Waals surface area (Å²) in [6, 6.07) is 11.4. The van der Waals surface area contributed by atoms with E-state index in [1.54, 1.807) is 12.3 Å². The van der Waals surface area contributed by atoms with Crippen LogP contribution in [0.25, 0.3) is 0 Å². The number of para-hydroxylation sites is 2. The first-order valence-electron chi connectivity index (χ1n) is 7.89. The van der Waals surface area contributed by atoms with Crippen LogP contribution in [-0.2, 0) is 0 Å². The van der Waals surface area contributed by atoms with Crippen molar-refractivity contribution < 1.29 is 9.53 Å². The van der Waals surface area contributed by atoms with Gasteiger partial charge in [-0.2, -0.15) is 0 Å². The van der Waals surface area contributed by atoms with Gasteiger partial charge in [0.25, 0.3) is 5.91 Å². The fourth-order valence-electron chi connectivity index (χ4n) is 2.01. The Morgan fingerprint density at radius 3 is 2.65 bits per heavy atom. The summed E-state index contributed by atoms with van der Waals surface area (Å²) in [5.74, 6) is 0.634. The lowest BCUT2D eigenvalue weighted by molar-refractivity contribution is 0.0934. The molecule has 23 heavy (non-hydrogen) atoms. The number of anilines is 2. The summed E-state index contributed by atoms with van der Waals surface area (Å²) in [7, 11) is 0. The predicted molar refractivity (Wildman–Crippen MR) is 92.3 cm³/mol. The highest BCUT2D eigenvalue weighted by molar-refractivity contribution is 5.92. The Bertz CT molecular complexity index is 641. The molecule has 1 amide bonds. The van der Waals surface area contributed by atoms with Crippen molar-refractivity contribution in [2.75, 3.05) is 11.9 Å². The lowest BCUT2D eigenvalue weighted by Gasteiger charge is -2.13. The highest BCUT2D eigenvalue weighted by Crippen LogP contribution is 2.27. The number of pyridine rings is 1. The Labute approximate surface area is 137 Å². The summed E-state index contributed by atoms with van der Waals surface area (Å²) < 4.78 is 5.58. The molecule has 5 heteroatoms. The number of nitrogens with zero attached hydrogens (tertiary/aromatic N) is 1. The van der Waals surface area contributed by atoms with Gasteiger partial charge >= 0.3 is 0 Å². The van der Waals surface area contributed by atoms with Crippen molar-refractivity contribution in [3.63, 3.8) is 0 Å². The SMILES string of the molecule is CCOc1ccccc1Nc1ccc(C(=O)NC(C)CC)nc1. The van der Waals surface area contributed by atoms with Crippen molar-refractivity contribution >= 4 is 17.3 Å². The Balaban J connectivity index is 2.07. The molecule has 0 saturated carbocycles. The summed E-state index contributed by atoms with van der Waals surface area (Å²) in [6.45, 7) is 6.55. The van der Waals surface area contributed by atoms with E-state index in [1.807, 2.05) is 51.1 Å². The van der Waals surface area contributed by atoms with Gasteiger partial charge in [-0.1, -0.05) is 19.1 Å². The number of aromatic nitrogens is 1. The van der Waals surface area contributed by atoms with E-state index in [0.717, 1.165) is 23.5 Å². The Hall–Kier alpha value is -2.56. The number of carbonyl (C=O) groups is 1. The fourth-order valence-corrected chi connectivity index (χ4v) is 2.01. The summed E-state index contributed by atoms with van der Waals surface area (Å²) in [5, 5.41) is 6.16. The van der Waals surface area contributed by atoms with Gasteiger partial charge in [-0.05, 0) is 44.5 Å². The van der Waals surface area contributed by atoms with Gasteiger partial charge in [0.05, 0.1) is 24.2 Å². The third kappa shape index (κ3) is 4.71. The zero-order valence-corrected chi connectivity index (χ0v) is 13.8. The number of amides is 1. The van der Waals surface area contributed by atoms with Crippen LogP contribution >= 0.6 is 0 Å². The van der Waals surface area contributed by atoms with Gasteiger partial charge in [-0.25, -0.2) is 4.98 Å². The van der Waals surface area contributed by atoms with E-state index in [2.05, 4.69) is 15.6 Å². The molecule has 1 atom stereocenters. The molecule has 0 radical (unpaired) electrons. The minimum atomic E-state index is -0.152. The average Bonchev–Trinajstić information content (AvgIpc) is 2.57. The summed E-state index contributed by atoms with van der Waals surface area (Å²) in [4.78, 5) is 16.2. The molecule has 1 aromatic heterocycles. The Morgan fingerprint density at radius 1 is 1.22 bits per heavy atom. The van der Waals surface area contributed by atoms with Crippen molar-refractivity contribution in [1.82, 2.24) is 10.3 Å². The standard InChI is InChI=1S/C18H23N3O2/c1-4-13(3)20-18(22)16-11-10-14(12-19-16)21-15-8-6-7-9-17(15)23-5-2/h6-13,21H,4-5H2,1-3H3,(H,20,22). The zero-order valence-electron chi connectivity index (χ0n) is 13.8. The van der Waals surface area contributed by atoms with E-state index >= 15 is 0 Å². The quantitative estimate of drug-likeness (QED) is 0.817. The maximum Gasteiger partial charge on any atom is 0.270 e. The largest absolute Gasteiger partial charge is 0.492 e. The van der Waals surface area contributed by atoms with Crippen LogP contribution in [0.4, 0.5) is 11.4 Å². The number of rotatable bonds is 7. The predicted octanol–water partition coefficient (Wildman–Crippen LogP) is 3.75. The number of carbonyl (C=O) groups excluding carboxylic acids is 1. The Kier molecular flexibility index (Phi) is 5.97. The first kappa shape index (κ1) is 16.8. The maximum atomic E-state index is 12.0. The molecule has 0 aliphatic carbocycles. The smallest absolute Gasteiger partial charge is 0.270 e. The van der Waals surface area contributed by atoms with Crippen LogP contribution in [-0.4, -0.2) is 23.5 Å². The topological polar surface area (TPSA) is 63.2 Å². The molecule has 1 aromatic carbocycles. The van der Waals surface area contributed by atoms with Crippen molar-refractivity contribution in [2.45, 2.75) is 33.2 Å². The highest BCUT2D eigenvalue weighted by atomic mass is 16.5. The molecular weight excluding hydrogens is 290 g/mol.